The minimum Gasteiger partial charge on any atom is -0.461 e. The Morgan fingerprint density at radius 3 is 2.77 bits per heavy atom. The third-order valence-corrected chi connectivity index (χ3v) is 3.32. The molecule has 0 spiro atoms. The van der Waals surface area contributed by atoms with Crippen LogP contribution in [0, 0.1) is 11.6 Å². The average molecular weight is 301 g/mol. The van der Waals surface area contributed by atoms with Gasteiger partial charge in [0.15, 0.2) is 17.4 Å². The van der Waals surface area contributed by atoms with Gasteiger partial charge in [0.1, 0.15) is 5.69 Å². The summed E-state index contributed by atoms with van der Waals surface area (Å²) in [4.78, 5) is 4.05. The summed E-state index contributed by atoms with van der Waals surface area (Å²) in [6.07, 6.45) is 3.04. The number of hydrogen-bond donors (Lipinski definition) is 0. The van der Waals surface area contributed by atoms with Crippen molar-refractivity contribution in [1.82, 2.24) is 14.7 Å². The fourth-order valence-electron chi connectivity index (χ4n) is 2.28. The minimum atomic E-state index is -0.917. The Kier molecular flexibility index (Phi) is 2.78. The first-order valence-electron chi connectivity index (χ1n) is 6.50. The Hall–Kier alpha value is -2.96. The van der Waals surface area contributed by atoms with Gasteiger partial charge in [-0.05, 0) is 12.1 Å². The zero-order valence-electron chi connectivity index (χ0n) is 11.2. The van der Waals surface area contributed by atoms with Gasteiger partial charge in [0, 0.05) is 18.2 Å². The van der Waals surface area contributed by atoms with E-state index in [9.17, 15) is 8.78 Å². The molecule has 0 amide bonds. The quantitative estimate of drug-likeness (QED) is 0.580. The summed E-state index contributed by atoms with van der Waals surface area (Å²) >= 11 is 0. The van der Waals surface area contributed by atoms with E-state index < -0.39 is 11.6 Å². The standard InChI is InChI=1S/C15H9F2N3O2/c16-10-5-12-13(6-11(10)17)20(8-18-12)7-9-4-15(22-19-9)14-2-1-3-21-14/h1-6,8H,7H2. The van der Waals surface area contributed by atoms with Crippen LogP contribution in [0.2, 0.25) is 0 Å². The molecule has 0 fully saturated rings. The number of nitrogens with zero attached hydrogens (tertiary/aromatic N) is 3. The van der Waals surface area contributed by atoms with Crippen molar-refractivity contribution >= 4 is 11.0 Å². The zero-order chi connectivity index (χ0) is 15.1. The molecule has 4 rings (SSSR count). The van der Waals surface area contributed by atoms with Gasteiger partial charge < -0.3 is 13.5 Å². The molecule has 4 aromatic rings. The molecule has 0 saturated heterocycles. The Morgan fingerprint density at radius 1 is 1.09 bits per heavy atom. The molecule has 1 aromatic carbocycles. The summed E-state index contributed by atoms with van der Waals surface area (Å²) in [6.45, 7) is 0.325. The predicted molar refractivity (Wildman–Crippen MR) is 73.0 cm³/mol. The predicted octanol–water partition coefficient (Wildman–Crippen LogP) is 3.61. The zero-order valence-corrected chi connectivity index (χ0v) is 11.2. The molecule has 110 valence electrons. The van der Waals surface area contributed by atoms with E-state index in [2.05, 4.69) is 10.1 Å². The van der Waals surface area contributed by atoms with Gasteiger partial charge in [-0.1, -0.05) is 5.16 Å². The topological polar surface area (TPSA) is 57.0 Å². The smallest absolute Gasteiger partial charge is 0.202 e. The van der Waals surface area contributed by atoms with Gasteiger partial charge in [-0.25, -0.2) is 13.8 Å². The van der Waals surface area contributed by atoms with E-state index >= 15 is 0 Å². The first-order chi connectivity index (χ1) is 10.7. The van der Waals surface area contributed by atoms with Crippen LogP contribution in [0.5, 0.6) is 0 Å². The molecular formula is C15H9F2N3O2. The lowest BCUT2D eigenvalue weighted by atomic mass is 10.3. The number of rotatable bonds is 3. The van der Waals surface area contributed by atoms with Crippen LogP contribution in [0.1, 0.15) is 5.69 Å². The van der Waals surface area contributed by atoms with Crippen molar-refractivity contribution in [2.75, 3.05) is 0 Å². The van der Waals surface area contributed by atoms with E-state index in [0.717, 1.165) is 12.1 Å². The molecule has 0 aliphatic rings. The Morgan fingerprint density at radius 2 is 1.95 bits per heavy atom. The SMILES string of the molecule is Fc1cc2ncn(Cc3cc(-c4ccco4)on3)c2cc1F. The van der Waals surface area contributed by atoms with Gasteiger partial charge in [0.2, 0.25) is 5.76 Å². The highest BCUT2D eigenvalue weighted by Crippen LogP contribution is 2.22. The fourth-order valence-corrected chi connectivity index (χ4v) is 2.28. The number of furan rings is 1. The molecular weight excluding hydrogens is 292 g/mol. The molecule has 0 atom stereocenters. The molecule has 0 aliphatic heterocycles. The number of benzene rings is 1. The number of aromatic nitrogens is 3. The molecule has 0 radical (unpaired) electrons. The maximum atomic E-state index is 13.4. The number of hydrogen-bond acceptors (Lipinski definition) is 4. The van der Waals surface area contributed by atoms with Crippen molar-refractivity contribution in [1.29, 1.82) is 0 Å². The molecule has 0 N–H and O–H groups in total. The van der Waals surface area contributed by atoms with Gasteiger partial charge in [0.05, 0.1) is 30.2 Å². The van der Waals surface area contributed by atoms with Crippen molar-refractivity contribution in [3.63, 3.8) is 0 Å². The molecule has 3 heterocycles. The van der Waals surface area contributed by atoms with Gasteiger partial charge >= 0.3 is 0 Å². The van der Waals surface area contributed by atoms with Crippen LogP contribution in [0.15, 0.2) is 51.9 Å². The van der Waals surface area contributed by atoms with Crippen LogP contribution in [0.4, 0.5) is 8.78 Å². The largest absolute Gasteiger partial charge is 0.461 e. The second-order valence-electron chi connectivity index (χ2n) is 4.79. The van der Waals surface area contributed by atoms with Crippen molar-refractivity contribution in [2.24, 2.45) is 0 Å². The normalized spacial score (nSPS) is 11.4. The van der Waals surface area contributed by atoms with Crippen molar-refractivity contribution in [2.45, 2.75) is 6.54 Å². The van der Waals surface area contributed by atoms with E-state index in [4.69, 9.17) is 8.94 Å². The first-order valence-corrected chi connectivity index (χ1v) is 6.50. The number of halogens is 2. The second kappa shape index (κ2) is 4.80. The number of fused-ring (bicyclic) bond motifs is 1. The van der Waals surface area contributed by atoms with Crippen LogP contribution in [-0.2, 0) is 6.54 Å². The van der Waals surface area contributed by atoms with Crippen LogP contribution in [0.25, 0.3) is 22.6 Å². The van der Waals surface area contributed by atoms with E-state index in [0.29, 0.717) is 34.8 Å². The van der Waals surface area contributed by atoms with E-state index in [1.807, 2.05) is 0 Å². The summed E-state index contributed by atoms with van der Waals surface area (Å²) in [5, 5.41) is 3.94. The third-order valence-electron chi connectivity index (χ3n) is 3.32. The second-order valence-corrected chi connectivity index (χ2v) is 4.79. The molecule has 5 nitrogen and oxygen atoms in total. The van der Waals surface area contributed by atoms with Gasteiger partial charge in [-0.2, -0.15) is 0 Å². The Bertz CT molecular complexity index is 941. The molecule has 7 heteroatoms. The lowest BCUT2D eigenvalue weighted by Gasteiger charge is -2.01. The molecule has 0 aliphatic carbocycles. The van der Waals surface area contributed by atoms with E-state index in [1.54, 1.807) is 22.8 Å². The highest BCUT2D eigenvalue weighted by Gasteiger charge is 2.12. The molecule has 0 unspecified atom stereocenters. The maximum Gasteiger partial charge on any atom is 0.202 e. The summed E-state index contributed by atoms with van der Waals surface area (Å²) in [6, 6.07) is 7.42. The molecule has 0 saturated carbocycles. The van der Waals surface area contributed by atoms with Crippen molar-refractivity contribution < 1.29 is 17.7 Å². The van der Waals surface area contributed by atoms with Crippen LogP contribution in [0.3, 0.4) is 0 Å². The Balaban J connectivity index is 1.68. The van der Waals surface area contributed by atoms with Gasteiger partial charge in [0.25, 0.3) is 0 Å². The molecule has 3 aromatic heterocycles. The first kappa shape index (κ1) is 12.8. The monoisotopic (exact) mass is 301 g/mol. The summed E-state index contributed by atoms with van der Waals surface area (Å²) in [5.41, 5.74) is 1.49. The summed E-state index contributed by atoms with van der Waals surface area (Å²) < 4.78 is 38.6. The fraction of sp³-hybridized carbons (Fsp3) is 0.0667. The van der Waals surface area contributed by atoms with Crippen LogP contribution >= 0.6 is 0 Å². The third kappa shape index (κ3) is 2.07. The number of imidazole rings is 1. The lowest BCUT2D eigenvalue weighted by molar-refractivity contribution is 0.409. The average Bonchev–Trinajstić information content (AvgIpc) is 3.22. The minimum absolute atomic E-state index is 0.325. The maximum absolute atomic E-state index is 13.4. The Labute approximate surface area is 122 Å². The summed E-state index contributed by atoms with van der Waals surface area (Å²) in [5.74, 6) is -0.756. The van der Waals surface area contributed by atoms with Crippen LogP contribution in [-0.4, -0.2) is 14.7 Å². The van der Waals surface area contributed by atoms with E-state index in [1.165, 1.54) is 12.6 Å². The van der Waals surface area contributed by atoms with Crippen LogP contribution < -0.4 is 0 Å². The van der Waals surface area contributed by atoms with Gasteiger partial charge in [-0.3, -0.25) is 0 Å². The van der Waals surface area contributed by atoms with Crippen molar-refractivity contribution in [3.8, 4) is 11.5 Å². The van der Waals surface area contributed by atoms with Gasteiger partial charge in [-0.15, -0.1) is 0 Å². The highest BCUT2D eigenvalue weighted by atomic mass is 19.2. The molecule has 0 bridgehead atoms. The van der Waals surface area contributed by atoms with Crippen molar-refractivity contribution in [3.05, 3.63) is 60.3 Å². The summed E-state index contributed by atoms with van der Waals surface area (Å²) in [7, 11) is 0. The highest BCUT2D eigenvalue weighted by molar-refractivity contribution is 5.75. The molecule has 22 heavy (non-hydrogen) atoms. The lowest BCUT2D eigenvalue weighted by Crippen LogP contribution is -1.98. The van der Waals surface area contributed by atoms with E-state index in [-0.39, 0.29) is 0 Å².